The van der Waals surface area contributed by atoms with Crippen molar-refractivity contribution in [2.24, 2.45) is 0 Å². The van der Waals surface area contributed by atoms with E-state index in [1.165, 1.54) is 19.3 Å². The topological polar surface area (TPSA) is 81.4 Å². The van der Waals surface area contributed by atoms with E-state index in [0.717, 1.165) is 78.7 Å². The number of rotatable bonds is 5. The summed E-state index contributed by atoms with van der Waals surface area (Å²) in [4.78, 5) is 23.0. The van der Waals surface area contributed by atoms with Crippen LogP contribution in [0, 0.1) is 0 Å². The van der Waals surface area contributed by atoms with Crippen LogP contribution in [0.5, 0.6) is 0 Å². The summed E-state index contributed by atoms with van der Waals surface area (Å²) in [5.74, 6) is 1.49. The molecule has 3 aliphatic carbocycles. The summed E-state index contributed by atoms with van der Waals surface area (Å²) in [6.07, 6.45) is 18.9. The second-order valence-corrected chi connectivity index (χ2v) is 10.2. The maximum absolute atomic E-state index is 13.2. The highest BCUT2D eigenvalue weighted by Gasteiger charge is 2.26. The molecule has 0 aliphatic heterocycles. The second kappa shape index (κ2) is 9.53. The quantitative estimate of drug-likeness (QED) is 0.575. The van der Waals surface area contributed by atoms with Crippen molar-refractivity contribution in [1.29, 1.82) is 0 Å². The van der Waals surface area contributed by atoms with Gasteiger partial charge in [-0.05, 0) is 81.1 Å². The minimum absolute atomic E-state index is 0.0539. The molecule has 3 heterocycles. The van der Waals surface area contributed by atoms with E-state index in [2.05, 4.69) is 28.6 Å². The van der Waals surface area contributed by atoms with E-state index in [0.29, 0.717) is 17.6 Å². The Morgan fingerprint density at radius 2 is 1.97 bits per heavy atom. The van der Waals surface area contributed by atoms with Crippen LogP contribution in [0.15, 0.2) is 36.8 Å². The van der Waals surface area contributed by atoms with Gasteiger partial charge in [-0.3, -0.25) is 4.79 Å². The molecule has 7 heteroatoms. The number of aromatic nitrogens is 4. The predicted octanol–water partition coefficient (Wildman–Crippen LogP) is 4.85. The molecule has 0 unspecified atom stereocenters. The molecule has 6 rings (SSSR count). The molecule has 3 aromatic heterocycles. The van der Waals surface area contributed by atoms with Crippen molar-refractivity contribution >= 4 is 17.0 Å². The van der Waals surface area contributed by atoms with Crippen LogP contribution >= 0.6 is 0 Å². The number of aryl methyl sites for hydroxylation is 1. The van der Waals surface area contributed by atoms with E-state index in [4.69, 9.17) is 14.7 Å². The van der Waals surface area contributed by atoms with Crippen molar-refractivity contribution in [2.45, 2.75) is 82.3 Å². The van der Waals surface area contributed by atoms with Crippen LogP contribution in [0.1, 0.15) is 96.7 Å². The predicted molar refractivity (Wildman–Crippen MR) is 134 cm³/mol. The Labute approximate surface area is 206 Å². The Kier molecular flexibility index (Phi) is 6.10. The molecular weight excluding hydrogens is 438 g/mol. The van der Waals surface area contributed by atoms with Crippen LogP contribution in [-0.2, 0) is 11.2 Å². The van der Waals surface area contributed by atoms with Crippen LogP contribution in [0.25, 0.3) is 11.1 Å². The van der Waals surface area contributed by atoms with Gasteiger partial charge in [-0.1, -0.05) is 12.5 Å². The van der Waals surface area contributed by atoms with E-state index in [1.54, 1.807) is 17.8 Å². The summed E-state index contributed by atoms with van der Waals surface area (Å²) in [5.41, 5.74) is 5.96. The Hall–Kier alpha value is -3.06. The molecule has 2 saturated carbocycles. The molecule has 3 aliphatic rings. The lowest BCUT2D eigenvalue weighted by Crippen LogP contribution is -2.38. The summed E-state index contributed by atoms with van der Waals surface area (Å²) in [6.45, 7) is 0. The van der Waals surface area contributed by atoms with Gasteiger partial charge in [0.15, 0.2) is 0 Å². The van der Waals surface area contributed by atoms with Crippen LogP contribution in [0.4, 0.5) is 0 Å². The van der Waals surface area contributed by atoms with Gasteiger partial charge in [-0.2, -0.15) is 5.10 Å². The highest BCUT2D eigenvalue weighted by molar-refractivity contribution is 6.01. The third kappa shape index (κ3) is 4.38. The fraction of sp³-hybridized carbons (Fsp3) is 0.500. The number of hydrogen-bond acceptors (Lipinski definition) is 5. The number of nitrogens with zero attached hydrogens (tertiary/aromatic N) is 4. The van der Waals surface area contributed by atoms with Gasteiger partial charge in [0.1, 0.15) is 5.82 Å². The molecular formula is C28H33N5O2. The van der Waals surface area contributed by atoms with Gasteiger partial charge in [0.25, 0.3) is 5.91 Å². The molecule has 0 radical (unpaired) electrons. The number of nitrogens with one attached hydrogen (secondary N) is 1. The third-order valence-electron chi connectivity index (χ3n) is 8.03. The van der Waals surface area contributed by atoms with Gasteiger partial charge in [-0.15, -0.1) is 0 Å². The lowest BCUT2D eigenvalue weighted by molar-refractivity contribution is 0.0599. The number of amides is 1. The van der Waals surface area contributed by atoms with Gasteiger partial charge in [0.05, 0.1) is 29.1 Å². The minimum atomic E-state index is -0.0539. The first kappa shape index (κ1) is 22.4. The van der Waals surface area contributed by atoms with E-state index in [1.807, 2.05) is 12.4 Å². The second-order valence-electron chi connectivity index (χ2n) is 10.2. The monoisotopic (exact) mass is 471 g/mol. The number of carbonyl (C=O) groups excluding carboxylic acids is 1. The summed E-state index contributed by atoms with van der Waals surface area (Å²) in [6, 6.07) is 4.35. The van der Waals surface area contributed by atoms with Gasteiger partial charge in [-0.25, -0.2) is 14.5 Å². The van der Waals surface area contributed by atoms with Crippen molar-refractivity contribution in [3.05, 3.63) is 65.0 Å². The minimum Gasteiger partial charge on any atom is -0.381 e. The SMILES string of the molecule is COC1CCC(NC(=O)c2cnn3ccc(C4=CCCCc5nc(C6CCC6)ncc54)cc23)CC1. The summed E-state index contributed by atoms with van der Waals surface area (Å²) in [5, 5.41) is 7.67. The molecule has 0 bridgehead atoms. The van der Waals surface area contributed by atoms with Crippen molar-refractivity contribution in [1.82, 2.24) is 24.9 Å². The van der Waals surface area contributed by atoms with E-state index in [9.17, 15) is 4.79 Å². The van der Waals surface area contributed by atoms with Crippen molar-refractivity contribution < 1.29 is 9.53 Å². The van der Waals surface area contributed by atoms with E-state index < -0.39 is 0 Å². The van der Waals surface area contributed by atoms with Crippen LogP contribution in [-0.4, -0.2) is 44.7 Å². The largest absolute Gasteiger partial charge is 0.381 e. The van der Waals surface area contributed by atoms with Crippen molar-refractivity contribution in [2.75, 3.05) is 7.11 Å². The normalized spacial score (nSPS) is 22.7. The molecule has 0 saturated heterocycles. The summed E-state index contributed by atoms with van der Waals surface area (Å²) < 4.78 is 7.25. The Balaban J connectivity index is 1.28. The third-order valence-corrected chi connectivity index (χ3v) is 8.03. The first-order chi connectivity index (χ1) is 17.2. The zero-order valence-electron chi connectivity index (χ0n) is 20.4. The summed E-state index contributed by atoms with van der Waals surface area (Å²) >= 11 is 0. The molecule has 0 atom stereocenters. The van der Waals surface area contributed by atoms with Crippen LogP contribution < -0.4 is 5.32 Å². The average Bonchev–Trinajstić information content (AvgIpc) is 3.16. The van der Waals surface area contributed by atoms with Gasteiger partial charge < -0.3 is 10.1 Å². The molecule has 3 aromatic rings. The molecule has 7 nitrogen and oxygen atoms in total. The summed E-state index contributed by atoms with van der Waals surface area (Å²) in [7, 11) is 1.77. The number of hydrogen-bond donors (Lipinski definition) is 1. The molecule has 1 N–H and O–H groups in total. The van der Waals surface area contributed by atoms with Gasteiger partial charge in [0, 0.05) is 37.0 Å². The van der Waals surface area contributed by atoms with E-state index >= 15 is 0 Å². The molecule has 1 amide bonds. The first-order valence-corrected chi connectivity index (χ1v) is 13.1. The van der Waals surface area contributed by atoms with E-state index in [-0.39, 0.29) is 11.9 Å². The molecule has 0 spiro atoms. The number of pyridine rings is 1. The lowest BCUT2D eigenvalue weighted by atomic mass is 9.84. The average molecular weight is 472 g/mol. The fourth-order valence-corrected chi connectivity index (χ4v) is 5.64. The van der Waals surface area contributed by atoms with Crippen molar-refractivity contribution in [3.63, 3.8) is 0 Å². The molecule has 2 fully saturated rings. The molecule has 0 aromatic carbocycles. The number of fused-ring (bicyclic) bond motifs is 2. The standard InChI is InChI=1S/C28H33N5O2/c1-35-21-11-9-20(10-12-21)31-28(34)24-17-30-33-14-13-19(15-26(24)33)22-7-2-3-8-25-23(22)16-29-27(32-25)18-5-4-6-18/h7,13-18,20-21H,2-6,8-12H2,1H3,(H,31,34). The fourth-order valence-electron chi connectivity index (χ4n) is 5.64. The van der Waals surface area contributed by atoms with Gasteiger partial charge in [0.2, 0.25) is 0 Å². The van der Waals surface area contributed by atoms with Crippen LogP contribution in [0.3, 0.4) is 0 Å². The maximum atomic E-state index is 13.2. The van der Waals surface area contributed by atoms with Crippen LogP contribution in [0.2, 0.25) is 0 Å². The molecule has 35 heavy (non-hydrogen) atoms. The Morgan fingerprint density at radius 1 is 1.11 bits per heavy atom. The number of allylic oxidation sites excluding steroid dienone is 1. The zero-order chi connectivity index (χ0) is 23.8. The maximum Gasteiger partial charge on any atom is 0.255 e. The Bertz CT molecular complexity index is 1270. The first-order valence-electron chi connectivity index (χ1n) is 13.1. The number of ether oxygens (including phenoxy) is 1. The lowest BCUT2D eigenvalue weighted by Gasteiger charge is -2.28. The molecule has 182 valence electrons. The highest BCUT2D eigenvalue weighted by atomic mass is 16.5. The smallest absolute Gasteiger partial charge is 0.255 e. The number of methoxy groups -OCH3 is 1. The van der Waals surface area contributed by atoms with Crippen molar-refractivity contribution in [3.8, 4) is 0 Å². The van der Waals surface area contributed by atoms with Gasteiger partial charge >= 0.3 is 0 Å². The zero-order valence-corrected chi connectivity index (χ0v) is 20.4. The highest BCUT2D eigenvalue weighted by Crippen LogP contribution is 2.36. The number of carbonyl (C=O) groups is 1. The Morgan fingerprint density at radius 3 is 2.74 bits per heavy atom.